The van der Waals surface area contributed by atoms with E-state index in [-0.39, 0.29) is 0 Å². The predicted octanol–water partition coefficient (Wildman–Crippen LogP) is 1.77. The number of aromatic nitrogens is 2. The first-order chi connectivity index (χ1) is 7.93. The van der Waals surface area contributed by atoms with E-state index in [1.54, 1.807) is 11.5 Å². The van der Waals surface area contributed by atoms with Gasteiger partial charge in [0.05, 0.1) is 5.69 Å². The summed E-state index contributed by atoms with van der Waals surface area (Å²) in [6.07, 6.45) is 5.74. The molecule has 1 aliphatic rings. The number of fused-ring (bicyclic) bond motifs is 1. The van der Waals surface area contributed by atoms with Gasteiger partial charge in [0.15, 0.2) is 0 Å². The lowest BCUT2D eigenvalue weighted by Crippen LogP contribution is -2.22. The molecule has 0 unspecified atom stereocenters. The fraction of sp³-hybridized carbons (Fsp3) is 0.333. The van der Waals surface area contributed by atoms with Crippen LogP contribution in [0.5, 0.6) is 0 Å². The van der Waals surface area contributed by atoms with E-state index in [1.807, 2.05) is 12.4 Å². The van der Waals surface area contributed by atoms with Gasteiger partial charge in [0, 0.05) is 30.2 Å². The first-order valence-corrected chi connectivity index (χ1v) is 6.27. The van der Waals surface area contributed by atoms with Gasteiger partial charge in [-0.25, -0.2) is 0 Å². The Morgan fingerprint density at radius 1 is 1.31 bits per heavy atom. The quantitative estimate of drug-likeness (QED) is 0.856. The highest BCUT2D eigenvalue weighted by Crippen LogP contribution is 2.24. The van der Waals surface area contributed by atoms with Crippen LogP contribution in [0, 0.1) is 0 Å². The van der Waals surface area contributed by atoms with Crippen molar-refractivity contribution in [1.29, 1.82) is 0 Å². The van der Waals surface area contributed by atoms with Crippen molar-refractivity contribution in [3.05, 3.63) is 46.2 Å². The minimum atomic E-state index is 0.939. The highest BCUT2D eigenvalue weighted by atomic mass is 32.1. The molecule has 3 nitrogen and oxygen atoms in total. The van der Waals surface area contributed by atoms with Gasteiger partial charge in [-0.05, 0) is 47.8 Å². The topological polar surface area (TPSA) is 37.8 Å². The van der Waals surface area contributed by atoms with Crippen molar-refractivity contribution < 1.29 is 0 Å². The van der Waals surface area contributed by atoms with Crippen molar-refractivity contribution in [3.8, 4) is 0 Å². The van der Waals surface area contributed by atoms with Gasteiger partial charge >= 0.3 is 0 Å². The van der Waals surface area contributed by atoms with Crippen molar-refractivity contribution in [1.82, 2.24) is 14.7 Å². The lowest BCUT2D eigenvalue weighted by atomic mass is 10.0. The molecular formula is C12H13N3S. The number of pyridine rings is 1. The summed E-state index contributed by atoms with van der Waals surface area (Å²) in [5.74, 6) is 0. The van der Waals surface area contributed by atoms with Gasteiger partial charge in [-0.2, -0.15) is 4.37 Å². The molecule has 0 atom stereocenters. The molecule has 2 aromatic heterocycles. The average Bonchev–Trinajstić information content (AvgIpc) is 2.74. The molecule has 0 aliphatic carbocycles. The minimum Gasteiger partial charge on any atom is -0.311 e. The normalized spacial score (nSPS) is 14.8. The van der Waals surface area contributed by atoms with Gasteiger partial charge in [0.25, 0.3) is 0 Å². The fourth-order valence-corrected chi connectivity index (χ4v) is 2.94. The Hall–Kier alpha value is -1.26. The van der Waals surface area contributed by atoms with Gasteiger partial charge in [-0.15, -0.1) is 0 Å². The van der Waals surface area contributed by atoms with Gasteiger partial charge in [0.2, 0.25) is 0 Å². The SMILES string of the molecule is c1cc(Cc2nsc3c2CCNC3)ccn1. The van der Waals surface area contributed by atoms with Crippen LogP contribution < -0.4 is 5.32 Å². The zero-order chi connectivity index (χ0) is 10.8. The lowest BCUT2D eigenvalue weighted by Gasteiger charge is -2.12. The van der Waals surface area contributed by atoms with Crippen molar-refractivity contribution in [3.63, 3.8) is 0 Å². The van der Waals surface area contributed by atoms with E-state index in [0.29, 0.717) is 0 Å². The third-order valence-corrected chi connectivity index (χ3v) is 3.83. The molecular weight excluding hydrogens is 218 g/mol. The second kappa shape index (κ2) is 4.31. The van der Waals surface area contributed by atoms with E-state index in [9.17, 15) is 0 Å². The van der Waals surface area contributed by atoms with Crippen molar-refractivity contribution in [2.75, 3.05) is 6.54 Å². The van der Waals surface area contributed by atoms with Crippen LogP contribution in [-0.4, -0.2) is 15.9 Å². The van der Waals surface area contributed by atoms with E-state index in [0.717, 1.165) is 25.9 Å². The maximum absolute atomic E-state index is 4.57. The first-order valence-electron chi connectivity index (χ1n) is 5.49. The third-order valence-electron chi connectivity index (χ3n) is 2.91. The highest BCUT2D eigenvalue weighted by molar-refractivity contribution is 7.06. The van der Waals surface area contributed by atoms with Crippen LogP contribution in [-0.2, 0) is 19.4 Å². The maximum atomic E-state index is 4.57. The number of rotatable bonds is 2. The van der Waals surface area contributed by atoms with E-state index in [2.05, 4.69) is 26.8 Å². The Morgan fingerprint density at radius 2 is 2.19 bits per heavy atom. The zero-order valence-electron chi connectivity index (χ0n) is 8.94. The average molecular weight is 231 g/mol. The van der Waals surface area contributed by atoms with Crippen LogP contribution in [0.25, 0.3) is 0 Å². The fourth-order valence-electron chi connectivity index (χ4n) is 2.05. The van der Waals surface area contributed by atoms with Crippen LogP contribution in [0.4, 0.5) is 0 Å². The Kier molecular flexibility index (Phi) is 2.68. The molecule has 0 radical (unpaired) electrons. The van der Waals surface area contributed by atoms with E-state index >= 15 is 0 Å². The largest absolute Gasteiger partial charge is 0.311 e. The molecule has 2 aromatic rings. The predicted molar refractivity (Wildman–Crippen MR) is 64.6 cm³/mol. The standard InChI is InChI=1S/C12H13N3S/c1-4-13-5-2-9(1)7-11-10-3-6-14-8-12(10)16-15-11/h1-2,4-5,14H,3,6-8H2. The van der Waals surface area contributed by atoms with E-state index < -0.39 is 0 Å². The van der Waals surface area contributed by atoms with Gasteiger partial charge in [0.1, 0.15) is 0 Å². The van der Waals surface area contributed by atoms with Crippen molar-refractivity contribution in [2.24, 2.45) is 0 Å². The van der Waals surface area contributed by atoms with Gasteiger partial charge in [-0.1, -0.05) is 0 Å². The Balaban J connectivity index is 1.88. The first kappa shape index (κ1) is 9.93. The summed E-state index contributed by atoms with van der Waals surface area (Å²) in [6.45, 7) is 2.07. The second-order valence-corrected chi connectivity index (χ2v) is 4.85. The zero-order valence-corrected chi connectivity index (χ0v) is 9.76. The van der Waals surface area contributed by atoms with Crippen molar-refractivity contribution >= 4 is 11.5 Å². The highest BCUT2D eigenvalue weighted by Gasteiger charge is 2.16. The van der Waals surface area contributed by atoms with Crippen LogP contribution in [0.15, 0.2) is 24.5 Å². The summed E-state index contributed by atoms with van der Waals surface area (Å²) in [4.78, 5) is 5.45. The van der Waals surface area contributed by atoms with Crippen LogP contribution >= 0.6 is 11.5 Å². The number of hydrogen-bond acceptors (Lipinski definition) is 4. The third kappa shape index (κ3) is 1.86. The molecule has 16 heavy (non-hydrogen) atoms. The molecule has 1 N–H and O–H groups in total. The molecule has 3 heterocycles. The minimum absolute atomic E-state index is 0.939. The molecule has 0 amide bonds. The van der Waals surface area contributed by atoms with Crippen LogP contribution in [0.1, 0.15) is 21.7 Å². The summed E-state index contributed by atoms with van der Waals surface area (Å²) in [5.41, 5.74) is 4.02. The lowest BCUT2D eigenvalue weighted by molar-refractivity contribution is 0.650. The van der Waals surface area contributed by atoms with Gasteiger partial charge in [-0.3, -0.25) is 4.98 Å². The summed E-state index contributed by atoms with van der Waals surface area (Å²) in [6, 6.07) is 4.12. The molecule has 0 saturated carbocycles. The Bertz CT molecular complexity index is 478. The number of hydrogen-bond donors (Lipinski definition) is 1. The molecule has 3 rings (SSSR count). The maximum Gasteiger partial charge on any atom is 0.0621 e. The number of nitrogens with one attached hydrogen (secondary N) is 1. The summed E-state index contributed by atoms with van der Waals surface area (Å²) in [7, 11) is 0. The van der Waals surface area contributed by atoms with Crippen LogP contribution in [0.2, 0.25) is 0 Å². The molecule has 4 heteroatoms. The van der Waals surface area contributed by atoms with Gasteiger partial charge < -0.3 is 5.32 Å². The van der Waals surface area contributed by atoms with E-state index in [1.165, 1.54) is 21.7 Å². The van der Waals surface area contributed by atoms with Crippen LogP contribution in [0.3, 0.4) is 0 Å². The molecule has 82 valence electrons. The Morgan fingerprint density at radius 3 is 3.06 bits per heavy atom. The smallest absolute Gasteiger partial charge is 0.0621 e. The molecule has 0 aromatic carbocycles. The molecule has 1 aliphatic heterocycles. The summed E-state index contributed by atoms with van der Waals surface area (Å²) in [5, 5.41) is 3.38. The molecule has 0 saturated heterocycles. The molecule has 0 bridgehead atoms. The van der Waals surface area contributed by atoms with Crippen molar-refractivity contribution in [2.45, 2.75) is 19.4 Å². The monoisotopic (exact) mass is 231 g/mol. The summed E-state index contributed by atoms with van der Waals surface area (Å²) < 4.78 is 4.57. The second-order valence-electron chi connectivity index (χ2n) is 3.99. The molecule has 0 fully saturated rings. The number of nitrogens with zero attached hydrogens (tertiary/aromatic N) is 2. The summed E-state index contributed by atoms with van der Waals surface area (Å²) >= 11 is 1.64. The Labute approximate surface area is 98.7 Å². The van der Waals surface area contributed by atoms with E-state index in [4.69, 9.17) is 0 Å². The molecule has 0 spiro atoms.